The predicted octanol–water partition coefficient (Wildman–Crippen LogP) is 2.44. The third kappa shape index (κ3) is 4.01. The van der Waals surface area contributed by atoms with Gasteiger partial charge in [0.2, 0.25) is 0 Å². The fourth-order valence-corrected chi connectivity index (χ4v) is 2.80. The molecule has 20 heavy (non-hydrogen) atoms. The van der Waals surface area contributed by atoms with Gasteiger partial charge >= 0.3 is 0 Å². The van der Waals surface area contributed by atoms with Gasteiger partial charge in [-0.25, -0.2) is 0 Å². The molecular formula is C14H18Cl2N2O2. The number of nitrogens with zero attached hydrogens (tertiary/aromatic N) is 1. The minimum Gasteiger partial charge on any atom is -0.482 e. The number of carbonyl (C=O) groups excluding carboxylic acids is 1. The van der Waals surface area contributed by atoms with E-state index < -0.39 is 0 Å². The molecule has 4 nitrogen and oxygen atoms in total. The van der Waals surface area contributed by atoms with Crippen molar-refractivity contribution >= 4 is 29.1 Å². The molecule has 0 radical (unpaired) electrons. The van der Waals surface area contributed by atoms with Crippen LogP contribution in [-0.4, -0.2) is 44.1 Å². The molecule has 1 aliphatic rings. The van der Waals surface area contributed by atoms with Crippen molar-refractivity contribution in [3.8, 4) is 5.75 Å². The summed E-state index contributed by atoms with van der Waals surface area (Å²) >= 11 is 11.8. The van der Waals surface area contributed by atoms with E-state index in [4.69, 9.17) is 27.9 Å². The molecule has 1 unspecified atom stereocenters. The molecule has 0 aromatic heterocycles. The molecule has 1 aliphatic heterocycles. The van der Waals surface area contributed by atoms with Crippen LogP contribution < -0.4 is 10.1 Å². The number of likely N-dealkylation sites (tertiary alicyclic amines) is 1. The topological polar surface area (TPSA) is 41.6 Å². The molecule has 0 saturated carbocycles. The lowest BCUT2D eigenvalue weighted by atomic mass is 10.1. The normalized spacial score (nSPS) is 18.4. The maximum Gasteiger partial charge on any atom is 0.260 e. The van der Waals surface area contributed by atoms with Crippen molar-refractivity contribution in [1.82, 2.24) is 10.2 Å². The van der Waals surface area contributed by atoms with E-state index in [1.807, 2.05) is 11.9 Å². The van der Waals surface area contributed by atoms with Crippen LogP contribution in [0, 0.1) is 5.92 Å². The van der Waals surface area contributed by atoms with Crippen molar-refractivity contribution in [1.29, 1.82) is 0 Å². The second-order valence-corrected chi connectivity index (χ2v) is 5.76. The van der Waals surface area contributed by atoms with Crippen LogP contribution in [0.4, 0.5) is 0 Å². The third-order valence-corrected chi connectivity index (χ3v) is 3.91. The second kappa shape index (κ2) is 7.16. The number of hydrogen-bond donors (Lipinski definition) is 1. The third-order valence-electron chi connectivity index (χ3n) is 3.38. The quantitative estimate of drug-likeness (QED) is 0.907. The lowest BCUT2D eigenvalue weighted by molar-refractivity contribution is -0.132. The van der Waals surface area contributed by atoms with Gasteiger partial charge in [-0.2, -0.15) is 0 Å². The number of rotatable bonds is 5. The van der Waals surface area contributed by atoms with Crippen LogP contribution in [0.2, 0.25) is 10.0 Å². The van der Waals surface area contributed by atoms with Crippen molar-refractivity contribution < 1.29 is 9.53 Å². The number of ether oxygens (including phenoxy) is 1. The summed E-state index contributed by atoms with van der Waals surface area (Å²) in [7, 11) is 1.93. The lowest BCUT2D eigenvalue weighted by Crippen LogP contribution is -2.34. The molecule has 1 fully saturated rings. The molecule has 0 spiro atoms. The average molecular weight is 317 g/mol. The van der Waals surface area contributed by atoms with Crippen molar-refractivity contribution in [2.45, 2.75) is 6.42 Å². The summed E-state index contributed by atoms with van der Waals surface area (Å²) in [5.74, 6) is 1.01. The first-order valence-electron chi connectivity index (χ1n) is 6.60. The van der Waals surface area contributed by atoms with Gasteiger partial charge in [0.1, 0.15) is 5.75 Å². The Balaban J connectivity index is 1.83. The Labute approximate surface area is 129 Å². The van der Waals surface area contributed by atoms with Gasteiger partial charge in [0.05, 0.1) is 5.02 Å². The Morgan fingerprint density at radius 1 is 1.50 bits per heavy atom. The van der Waals surface area contributed by atoms with Crippen LogP contribution >= 0.6 is 23.2 Å². The molecule has 2 rings (SSSR count). The predicted molar refractivity (Wildman–Crippen MR) is 80.6 cm³/mol. The van der Waals surface area contributed by atoms with Gasteiger partial charge in [0, 0.05) is 18.1 Å². The highest BCUT2D eigenvalue weighted by Gasteiger charge is 2.25. The molecule has 1 aromatic rings. The van der Waals surface area contributed by atoms with E-state index in [1.54, 1.807) is 18.2 Å². The Hall–Kier alpha value is -0.970. The molecule has 1 atom stereocenters. The summed E-state index contributed by atoms with van der Waals surface area (Å²) in [4.78, 5) is 13.9. The minimum absolute atomic E-state index is 0.00498. The largest absolute Gasteiger partial charge is 0.482 e. The zero-order valence-electron chi connectivity index (χ0n) is 11.4. The SMILES string of the molecule is CNCC1CCN(C(=O)COc2ccc(Cl)cc2Cl)C1. The first kappa shape index (κ1) is 15.4. The van der Waals surface area contributed by atoms with Gasteiger partial charge in [-0.15, -0.1) is 0 Å². The highest BCUT2D eigenvalue weighted by molar-refractivity contribution is 6.35. The molecular weight excluding hydrogens is 299 g/mol. The fraction of sp³-hybridized carbons (Fsp3) is 0.500. The molecule has 1 saturated heterocycles. The lowest BCUT2D eigenvalue weighted by Gasteiger charge is -2.17. The monoisotopic (exact) mass is 316 g/mol. The van der Waals surface area contributed by atoms with Gasteiger partial charge in [-0.3, -0.25) is 4.79 Å². The zero-order chi connectivity index (χ0) is 14.5. The molecule has 1 amide bonds. The van der Waals surface area contributed by atoms with Crippen molar-refractivity contribution in [3.63, 3.8) is 0 Å². The standard InChI is InChI=1S/C14H18Cl2N2O2/c1-17-7-10-4-5-18(8-10)14(19)9-20-13-3-2-11(15)6-12(13)16/h2-3,6,10,17H,4-5,7-9H2,1H3. The number of benzene rings is 1. The Morgan fingerprint density at radius 2 is 2.30 bits per heavy atom. The van der Waals surface area contributed by atoms with E-state index in [9.17, 15) is 4.79 Å². The van der Waals surface area contributed by atoms with E-state index >= 15 is 0 Å². The fourth-order valence-electron chi connectivity index (χ4n) is 2.34. The van der Waals surface area contributed by atoms with Gasteiger partial charge in [-0.05, 0) is 44.1 Å². The van der Waals surface area contributed by atoms with Crippen LogP contribution in [-0.2, 0) is 4.79 Å². The van der Waals surface area contributed by atoms with Crippen LogP contribution in [0.5, 0.6) is 5.75 Å². The summed E-state index contributed by atoms with van der Waals surface area (Å²) in [6.07, 6.45) is 1.04. The molecule has 0 bridgehead atoms. The van der Waals surface area contributed by atoms with Crippen LogP contribution in [0.25, 0.3) is 0 Å². The summed E-state index contributed by atoms with van der Waals surface area (Å²) < 4.78 is 5.46. The van der Waals surface area contributed by atoms with E-state index in [2.05, 4.69) is 5.32 Å². The number of hydrogen-bond acceptors (Lipinski definition) is 3. The number of nitrogens with one attached hydrogen (secondary N) is 1. The summed E-state index contributed by atoms with van der Waals surface area (Å²) in [6, 6.07) is 4.96. The molecule has 110 valence electrons. The van der Waals surface area contributed by atoms with E-state index in [-0.39, 0.29) is 12.5 Å². The van der Waals surface area contributed by atoms with Crippen molar-refractivity contribution in [2.75, 3.05) is 33.3 Å². The van der Waals surface area contributed by atoms with Crippen LogP contribution in [0.3, 0.4) is 0 Å². The van der Waals surface area contributed by atoms with Crippen LogP contribution in [0.1, 0.15) is 6.42 Å². The van der Waals surface area contributed by atoms with Gasteiger partial charge in [-0.1, -0.05) is 23.2 Å². The van der Waals surface area contributed by atoms with E-state index in [0.29, 0.717) is 21.7 Å². The zero-order valence-corrected chi connectivity index (χ0v) is 12.9. The molecule has 1 heterocycles. The number of halogens is 2. The first-order chi connectivity index (χ1) is 9.60. The van der Waals surface area contributed by atoms with Crippen molar-refractivity contribution in [3.05, 3.63) is 28.2 Å². The highest BCUT2D eigenvalue weighted by atomic mass is 35.5. The van der Waals surface area contributed by atoms with Gasteiger partial charge < -0.3 is 15.0 Å². The summed E-state index contributed by atoms with van der Waals surface area (Å²) in [6.45, 7) is 2.53. The maximum absolute atomic E-state index is 12.1. The van der Waals surface area contributed by atoms with Gasteiger partial charge in [0.25, 0.3) is 5.91 Å². The maximum atomic E-state index is 12.1. The minimum atomic E-state index is -0.00498. The van der Waals surface area contributed by atoms with Gasteiger partial charge in [0.15, 0.2) is 6.61 Å². The van der Waals surface area contributed by atoms with Crippen LogP contribution in [0.15, 0.2) is 18.2 Å². The first-order valence-corrected chi connectivity index (χ1v) is 7.36. The van der Waals surface area contributed by atoms with E-state index in [1.165, 1.54) is 0 Å². The molecule has 1 N–H and O–H groups in total. The number of amides is 1. The van der Waals surface area contributed by atoms with Crippen molar-refractivity contribution in [2.24, 2.45) is 5.92 Å². The number of carbonyl (C=O) groups is 1. The Bertz CT molecular complexity index is 482. The average Bonchev–Trinajstić information content (AvgIpc) is 2.86. The highest BCUT2D eigenvalue weighted by Crippen LogP contribution is 2.27. The summed E-state index contributed by atoms with van der Waals surface area (Å²) in [5.41, 5.74) is 0. The summed E-state index contributed by atoms with van der Waals surface area (Å²) in [5, 5.41) is 4.10. The van der Waals surface area contributed by atoms with E-state index in [0.717, 1.165) is 26.1 Å². The molecule has 0 aliphatic carbocycles. The molecule has 1 aromatic carbocycles. The smallest absolute Gasteiger partial charge is 0.260 e. The Morgan fingerprint density at radius 3 is 3.00 bits per heavy atom. The molecule has 6 heteroatoms. The second-order valence-electron chi connectivity index (χ2n) is 4.92. The Kier molecular flexibility index (Phi) is 5.52.